The van der Waals surface area contributed by atoms with Crippen LogP contribution >= 0.6 is 23.2 Å². The molecule has 0 aliphatic rings. The van der Waals surface area contributed by atoms with Gasteiger partial charge in [0.15, 0.2) is 11.2 Å². The summed E-state index contributed by atoms with van der Waals surface area (Å²) >= 11 is 12.5. The highest BCUT2D eigenvalue weighted by Gasteiger charge is 2.21. The molecule has 0 amide bonds. The number of hydrogen-bond donors (Lipinski definition) is 0. The van der Waals surface area contributed by atoms with Crippen LogP contribution in [0.4, 0.5) is 0 Å². The minimum Gasteiger partial charge on any atom is -0.437 e. The van der Waals surface area contributed by atoms with E-state index in [0.29, 0.717) is 32.3 Å². The van der Waals surface area contributed by atoms with Crippen LogP contribution in [-0.2, 0) is 0 Å². The number of nitrogens with zero attached hydrogens (tertiary/aromatic N) is 2. The van der Waals surface area contributed by atoms with Crippen LogP contribution in [0.25, 0.3) is 39.1 Å². The smallest absolute Gasteiger partial charge is 0.273 e. The summed E-state index contributed by atoms with van der Waals surface area (Å²) in [6.07, 6.45) is 0. The molecule has 0 atom stereocenters. The van der Waals surface area contributed by atoms with Crippen LogP contribution in [0.5, 0.6) is 0 Å². The van der Waals surface area contributed by atoms with Crippen molar-refractivity contribution in [1.29, 1.82) is 0 Å². The van der Waals surface area contributed by atoms with Gasteiger partial charge < -0.3 is 4.42 Å². The normalized spacial score (nSPS) is 11.3. The molecule has 3 aromatic carbocycles. The maximum Gasteiger partial charge on any atom is 0.273 e. The number of fused-ring (bicyclic) bond motifs is 2. The third-order valence-electron chi connectivity index (χ3n) is 4.80. The first-order valence-corrected chi connectivity index (χ1v) is 9.79. The van der Waals surface area contributed by atoms with Gasteiger partial charge in [0.2, 0.25) is 11.1 Å². The van der Waals surface area contributed by atoms with E-state index in [4.69, 9.17) is 27.6 Å². The second-order valence-corrected chi connectivity index (χ2v) is 7.49. The van der Waals surface area contributed by atoms with Gasteiger partial charge in [0, 0.05) is 10.6 Å². The summed E-state index contributed by atoms with van der Waals surface area (Å²) in [7, 11) is 0. The Morgan fingerprint density at radius 2 is 1.60 bits per heavy atom. The van der Waals surface area contributed by atoms with Gasteiger partial charge in [-0.2, -0.15) is 4.98 Å². The fourth-order valence-electron chi connectivity index (χ4n) is 3.42. The summed E-state index contributed by atoms with van der Waals surface area (Å²) in [6, 6.07) is 20.6. The van der Waals surface area contributed by atoms with Gasteiger partial charge in [-0.25, -0.2) is 0 Å². The second-order valence-electron chi connectivity index (χ2n) is 6.64. The highest BCUT2D eigenvalue weighted by atomic mass is 35.5. The maximum absolute atomic E-state index is 13.6. The van der Waals surface area contributed by atoms with Gasteiger partial charge in [-0.1, -0.05) is 53.5 Å². The summed E-state index contributed by atoms with van der Waals surface area (Å²) in [6.45, 7) is 0. The molecule has 0 bridgehead atoms. The fraction of sp³-hybridized carbons (Fsp3) is 0. The number of rotatable bonds is 2. The van der Waals surface area contributed by atoms with Crippen molar-refractivity contribution in [1.82, 2.24) is 9.55 Å². The molecule has 2 aromatic heterocycles. The lowest BCUT2D eigenvalue weighted by molar-refractivity contribution is 0.641. The highest BCUT2D eigenvalue weighted by molar-refractivity contribution is 6.36. The van der Waals surface area contributed by atoms with E-state index >= 15 is 0 Å². The Bertz CT molecular complexity index is 1560. The van der Waals surface area contributed by atoms with Crippen LogP contribution in [0.3, 0.4) is 0 Å². The molecule has 0 aliphatic carbocycles. The molecule has 2 heterocycles. The molecular weight excluding hydrogens is 423 g/mol. The Labute approximate surface area is 179 Å². The van der Waals surface area contributed by atoms with Crippen LogP contribution in [-0.4, -0.2) is 9.55 Å². The molecule has 0 N–H and O–H groups in total. The van der Waals surface area contributed by atoms with E-state index in [1.54, 1.807) is 66.7 Å². The molecule has 7 heteroatoms. The monoisotopic (exact) mass is 434 g/mol. The predicted molar refractivity (Wildman–Crippen MR) is 119 cm³/mol. The topological polar surface area (TPSA) is 65.1 Å². The minimum atomic E-state index is -0.535. The number of aromatic nitrogens is 2. The van der Waals surface area contributed by atoms with Gasteiger partial charge >= 0.3 is 0 Å². The van der Waals surface area contributed by atoms with Gasteiger partial charge in [0.25, 0.3) is 5.56 Å². The molecular formula is C23H12Cl2N2O3. The van der Waals surface area contributed by atoms with Gasteiger partial charge in [-0.15, -0.1) is 0 Å². The predicted octanol–water partition coefficient (Wildman–Crippen LogP) is 5.47. The molecule has 5 aromatic rings. The Balaban J connectivity index is 1.99. The van der Waals surface area contributed by atoms with Crippen LogP contribution in [0.1, 0.15) is 0 Å². The highest BCUT2D eigenvalue weighted by Crippen LogP contribution is 2.31. The maximum atomic E-state index is 13.6. The van der Waals surface area contributed by atoms with E-state index in [0.717, 1.165) is 0 Å². The summed E-state index contributed by atoms with van der Waals surface area (Å²) < 4.78 is 7.20. The van der Waals surface area contributed by atoms with E-state index in [9.17, 15) is 9.59 Å². The van der Waals surface area contributed by atoms with Crippen molar-refractivity contribution in [2.75, 3.05) is 0 Å². The van der Waals surface area contributed by atoms with Crippen LogP contribution < -0.4 is 11.0 Å². The molecule has 0 saturated heterocycles. The van der Waals surface area contributed by atoms with E-state index in [2.05, 4.69) is 4.98 Å². The lowest BCUT2D eigenvalue weighted by atomic mass is 10.1. The lowest BCUT2D eigenvalue weighted by Gasteiger charge is -2.14. The Morgan fingerprint density at radius 3 is 2.37 bits per heavy atom. The van der Waals surface area contributed by atoms with E-state index < -0.39 is 11.0 Å². The molecule has 0 radical (unpaired) electrons. The lowest BCUT2D eigenvalue weighted by Crippen LogP contribution is -2.26. The number of benzene rings is 3. The van der Waals surface area contributed by atoms with Crippen LogP contribution in [0.2, 0.25) is 10.0 Å². The van der Waals surface area contributed by atoms with Crippen molar-refractivity contribution in [3.05, 3.63) is 103 Å². The third kappa shape index (κ3) is 2.91. The average Bonchev–Trinajstić information content (AvgIpc) is 2.74. The first kappa shape index (κ1) is 18.6. The third-order valence-corrected chi connectivity index (χ3v) is 5.35. The molecule has 0 aliphatic heterocycles. The van der Waals surface area contributed by atoms with Crippen molar-refractivity contribution in [3.8, 4) is 17.1 Å². The first-order valence-electron chi connectivity index (χ1n) is 9.04. The van der Waals surface area contributed by atoms with Gasteiger partial charge in [0.05, 0.1) is 16.1 Å². The molecule has 30 heavy (non-hydrogen) atoms. The molecule has 0 saturated carbocycles. The van der Waals surface area contributed by atoms with Gasteiger partial charge in [0.1, 0.15) is 5.58 Å². The first-order chi connectivity index (χ1) is 14.5. The Hall–Kier alpha value is -3.41. The number of para-hydroxylation sites is 2. The van der Waals surface area contributed by atoms with Crippen molar-refractivity contribution >= 4 is 45.3 Å². The average molecular weight is 435 g/mol. The van der Waals surface area contributed by atoms with Crippen LogP contribution in [0, 0.1) is 0 Å². The van der Waals surface area contributed by atoms with E-state index in [1.165, 1.54) is 4.57 Å². The summed E-state index contributed by atoms with van der Waals surface area (Å²) in [5.74, 6) is 0.249. The fourth-order valence-corrected chi connectivity index (χ4v) is 3.91. The van der Waals surface area contributed by atoms with Crippen molar-refractivity contribution in [3.63, 3.8) is 0 Å². The Morgan fingerprint density at radius 1 is 0.867 bits per heavy atom. The zero-order valence-corrected chi connectivity index (χ0v) is 16.8. The second kappa shape index (κ2) is 7.13. The summed E-state index contributed by atoms with van der Waals surface area (Å²) in [5.41, 5.74) is 0.379. The van der Waals surface area contributed by atoms with Crippen molar-refractivity contribution < 1.29 is 4.42 Å². The van der Waals surface area contributed by atoms with Crippen molar-refractivity contribution in [2.45, 2.75) is 0 Å². The Kier molecular flexibility index (Phi) is 4.42. The summed E-state index contributed by atoms with van der Waals surface area (Å²) in [5, 5.41) is 0.976. The number of halogens is 2. The number of hydrogen-bond acceptors (Lipinski definition) is 4. The zero-order valence-electron chi connectivity index (χ0n) is 15.3. The van der Waals surface area contributed by atoms with Crippen molar-refractivity contribution in [2.24, 2.45) is 0 Å². The zero-order chi connectivity index (χ0) is 20.8. The summed E-state index contributed by atoms with van der Waals surface area (Å²) in [4.78, 5) is 31.2. The van der Waals surface area contributed by atoms with E-state index in [1.807, 2.05) is 6.07 Å². The molecule has 5 rings (SSSR count). The SMILES string of the molecule is O=c1c2ccccc2oc2nc(-c3ccc(Cl)cc3Cl)n(-c3ccccc3)c(=O)c12. The molecule has 0 spiro atoms. The minimum absolute atomic E-state index is 0.0445. The van der Waals surface area contributed by atoms with Gasteiger partial charge in [-0.05, 0) is 42.5 Å². The quantitative estimate of drug-likeness (QED) is 0.345. The van der Waals surface area contributed by atoms with E-state index in [-0.39, 0.29) is 16.9 Å². The largest absolute Gasteiger partial charge is 0.437 e. The molecule has 5 nitrogen and oxygen atoms in total. The van der Waals surface area contributed by atoms with Crippen LogP contribution in [0.15, 0.2) is 86.8 Å². The standard InChI is InChI=1S/C23H12Cl2N2O3/c24-13-10-11-15(17(25)12-13)21-26-22-19(20(28)16-8-4-5-9-18(16)30-22)23(29)27(21)14-6-2-1-3-7-14/h1-12H. The van der Waals surface area contributed by atoms with Gasteiger partial charge in [-0.3, -0.25) is 14.2 Å². The molecule has 0 unspecified atom stereocenters. The molecule has 0 fully saturated rings. The molecule has 146 valence electrons.